The third-order valence-corrected chi connectivity index (χ3v) is 6.30. The molecule has 3 aliphatic heterocycles. The summed E-state index contributed by atoms with van der Waals surface area (Å²) < 4.78 is 0. The van der Waals surface area contributed by atoms with Crippen LogP contribution in [0.25, 0.3) is 0 Å². The quantitative estimate of drug-likeness (QED) is 0.798. The monoisotopic (exact) mass is 321 g/mol. The molecule has 0 aromatic carbocycles. The van der Waals surface area contributed by atoms with Gasteiger partial charge in [-0.2, -0.15) is 0 Å². The molecule has 1 amide bonds. The minimum Gasteiger partial charge on any atom is -0.343 e. The SMILES string of the molecule is CCC(=O)N1CCC(CN2C[C@@H]3CN(C(C)(C)C)C[C@@H]3C2)CC1. The molecule has 3 heterocycles. The maximum absolute atomic E-state index is 11.8. The van der Waals surface area contributed by atoms with Crippen LogP contribution in [0.4, 0.5) is 0 Å². The molecular formula is C19H35N3O. The van der Waals surface area contributed by atoms with E-state index in [-0.39, 0.29) is 0 Å². The van der Waals surface area contributed by atoms with E-state index in [2.05, 4.69) is 35.5 Å². The van der Waals surface area contributed by atoms with E-state index in [1.165, 1.54) is 45.6 Å². The topological polar surface area (TPSA) is 26.8 Å². The van der Waals surface area contributed by atoms with Crippen molar-refractivity contribution in [2.24, 2.45) is 17.8 Å². The third kappa shape index (κ3) is 3.90. The molecule has 2 atom stereocenters. The lowest BCUT2D eigenvalue weighted by Crippen LogP contribution is -2.43. The van der Waals surface area contributed by atoms with E-state index < -0.39 is 0 Å². The fourth-order valence-corrected chi connectivity index (χ4v) is 4.74. The molecule has 4 nitrogen and oxygen atoms in total. The average Bonchev–Trinajstić information content (AvgIpc) is 3.05. The number of carbonyl (C=O) groups excluding carboxylic acids is 1. The Kier molecular flexibility index (Phi) is 5.03. The molecule has 3 saturated heterocycles. The second-order valence-corrected chi connectivity index (χ2v) is 8.99. The van der Waals surface area contributed by atoms with E-state index in [0.29, 0.717) is 17.9 Å². The Morgan fingerprint density at radius 3 is 2.04 bits per heavy atom. The number of piperidine rings is 1. The van der Waals surface area contributed by atoms with E-state index >= 15 is 0 Å². The van der Waals surface area contributed by atoms with E-state index in [0.717, 1.165) is 30.8 Å². The summed E-state index contributed by atoms with van der Waals surface area (Å²) in [5.41, 5.74) is 0.327. The molecule has 0 radical (unpaired) electrons. The number of likely N-dealkylation sites (tertiary alicyclic amines) is 3. The maximum atomic E-state index is 11.8. The van der Waals surface area contributed by atoms with Gasteiger partial charge in [0.05, 0.1) is 0 Å². The van der Waals surface area contributed by atoms with Crippen molar-refractivity contribution in [3.05, 3.63) is 0 Å². The molecule has 0 saturated carbocycles. The fourth-order valence-electron chi connectivity index (χ4n) is 4.74. The lowest BCUT2D eigenvalue weighted by molar-refractivity contribution is -0.132. The number of nitrogens with zero attached hydrogens (tertiary/aromatic N) is 3. The fraction of sp³-hybridized carbons (Fsp3) is 0.947. The Hall–Kier alpha value is -0.610. The van der Waals surface area contributed by atoms with Crippen molar-refractivity contribution in [1.29, 1.82) is 0 Å². The molecule has 3 rings (SSSR count). The van der Waals surface area contributed by atoms with Gasteiger partial charge in [-0.3, -0.25) is 9.69 Å². The Labute approximate surface area is 142 Å². The molecular weight excluding hydrogens is 286 g/mol. The van der Waals surface area contributed by atoms with Crippen LogP contribution in [0, 0.1) is 17.8 Å². The summed E-state index contributed by atoms with van der Waals surface area (Å²) in [7, 11) is 0. The molecule has 0 bridgehead atoms. The van der Waals surface area contributed by atoms with Gasteiger partial charge < -0.3 is 9.80 Å². The summed E-state index contributed by atoms with van der Waals surface area (Å²) >= 11 is 0. The summed E-state index contributed by atoms with van der Waals surface area (Å²) in [4.78, 5) is 19.2. The van der Waals surface area contributed by atoms with Crippen molar-refractivity contribution in [3.8, 4) is 0 Å². The van der Waals surface area contributed by atoms with E-state index in [4.69, 9.17) is 0 Å². The highest BCUT2D eigenvalue weighted by atomic mass is 16.2. The minimum absolute atomic E-state index is 0.327. The van der Waals surface area contributed by atoms with Gasteiger partial charge in [-0.15, -0.1) is 0 Å². The molecule has 0 unspecified atom stereocenters. The Morgan fingerprint density at radius 1 is 1.00 bits per heavy atom. The number of amides is 1. The van der Waals surface area contributed by atoms with Gasteiger partial charge in [0, 0.05) is 57.8 Å². The molecule has 0 spiro atoms. The standard InChI is InChI=1S/C19H35N3O/c1-5-18(23)21-8-6-15(7-9-21)10-20-11-16-13-22(19(2,3)4)14-17(16)12-20/h15-17H,5-14H2,1-4H3/t16-,17+. The normalized spacial score (nSPS) is 30.9. The number of fused-ring (bicyclic) bond motifs is 1. The highest BCUT2D eigenvalue weighted by Crippen LogP contribution is 2.35. The van der Waals surface area contributed by atoms with Crippen LogP contribution in [0.1, 0.15) is 47.0 Å². The van der Waals surface area contributed by atoms with Crippen LogP contribution in [0.2, 0.25) is 0 Å². The van der Waals surface area contributed by atoms with Gasteiger partial charge in [0.15, 0.2) is 0 Å². The lowest BCUT2D eigenvalue weighted by Gasteiger charge is -2.35. The molecule has 4 heteroatoms. The van der Waals surface area contributed by atoms with Gasteiger partial charge in [0.1, 0.15) is 0 Å². The number of hydrogen-bond donors (Lipinski definition) is 0. The maximum Gasteiger partial charge on any atom is 0.222 e. The van der Waals surface area contributed by atoms with Crippen LogP contribution in [0.5, 0.6) is 0 Å². The second kappa shape index (κ2) is 6.72. The van der Waals surface area contributed by atoms with Gasteiger partial charge in [-0.05, 0) is 51.4 Å². The summed E-state index contributed by atoms with van der Waals surface area (Å²) in [6, 6.07) is 0. The Morgan fingerprint density at radius 2 is 1.57 bits per heavy atom. The zero-order chi connectivity index (χ0) is 16.6. The average molecular weight is 322 g/mol. The molecule has 3 aliphatic rings. The highest BCUT2D eigenvalue weighted by Gasteiger charge is 2.43. The van der Waals surface area contributed by atoms with E-state index in [1.807, 2.05) is 6.92 Å². The summed E-state index contributed by atoms with van der Waals surface area (Å²) in [6.07, 6.45) is 3.06. The molecule has 132 valence electrons. The van der Waals surface area contributed by atoms with Crippen molar-refractivity contribution < 1.29 is 4.79 Å². The Bertz CT molecular complexity index is 409. The van der Waals surface area contributed by atoms with E-state index in [9.17, 15) is 4.79 Å². The minimum atomic E-state index is 0.327. The molecule has 0 aliphatic carbocycles. The first-order chi connectivity index (χ1) is 10.9. The van der Waals surface area contributed by atoms with Crippen molar-refractivity contribution in [3.63, 3.8) is 0 Å². The van der Waals surface area contributed by atoms with Crippen LogP contribution in [-0.2, 0) is 4.79 Å². The van der Waals surface area contributed by atoms with E-state index in [1.54, 1.807) is 0 Å². The highest BCUT2D eigenvalue weighted by molar-refractivity contribution is 5.75. The first kappa shape index (κ1) is 17.2. The van der Waals surface area contributed by atoms with Crippen molar-refractivity contribution in [1.82, 2.24) is 14.7 Å². The summed E-state index contributed by atoms with van der Waals surface area (Å²) in [5.74, 6) is 2.90. The van der Waals surface area contributed by atoms with Gasteiger partial charge >= 0.3 is 0 Å². The number of carbonyl (C=O) groups is 1. The third-order valence-electron chi connectivity index (χ3n) is 6.30. The predicted octanol–water partition coefficient (Wildman–Crippen LogP) is 2.30. The summed E-state index contributed by atoms with van der Waals surface area (Å²) in [6.45, 7) is 17.4. The van der Waals surface area contributed by atoms with Gasteiger partial charge in [0.2, 0.25) is 5.91 Å². The molecule has 0 N–H and O–H groups in total. The van der Waals surface area contributed by atoms with Crippen molar-refractivity contribution in [2.75, 3.05) is 45.8 Å². The zero-order valence-corrected chi connectivity index (χ0v) is 15.6. The van der Waals surface area contributed by atoms with Crippen LogP contribution >= 0.6 is 0 Å². The Balaban J connectivity index is 1.42. The van der Waals surface area contributed by atoms with Crippen molar-refractivity contribution in [2.45, 2.75) is 52.5 Å². The molecule has 0 aromatic rings. The molecule has 3 fully saturated rings. The van der Waals surface area contributed by atoms with Crippen LogP contribution in [0.15, 0.2) is 0 Å². The number of hydrogen-bond acceptors (Lipinski definition) is 3. The zero-order valence-electron chi connectivity index (χ0n) is 15.6. The van der Waals surface area contributed by atoms with Crippen LogP contribution in [0.3, 0.4) is 0 Å². The van der Waals surface area contributed by atoms with Gasteiger partial charge in [-0.25, -0.2) is 0 Å². The van der Waals surface area contributed by atoms with Gasteiger partial charge in [0.25, 0.3) is 0 Å². The lowest BCUT2D eigenvalue weighted by atomic mass is 9.96. The van der Waals surface area contributed by atoms with Crippen molar-refractivity contribution >= 4 is 5.91 Å². The van der Waals surface area contributed by atoms with Crippen LogP contribution < -0.4 is 0 Å². The largest absolute Gasteiger partial charge is 0.343 e. The molecule has 0 aromatic heterocycles. The smallest absolute Gasteiger partial charge is 0.222 e. The van der Waals surface area contributed by atoms with Gasteiger partial charge in [-0.1, -0.05) is 6.92 Å². The second-order valence-electron chi connectivity index (χ2n) is 8.99. The number of rotatable bonds is 3. The first-order valence-electron chi connectivity index (χ1n) is 9.62. The van der Waals surface area contributed by atoms with Crippen LogP contribution in [-0.4, -0.2) is 72.0 Å². The predicted molar refractivity (Wildman–Crippen MR) is 94.3 cm³/mol. The first-order valence-corrected chi connectivity index (χ1v) is 9.62. The summed E-state index contributed by atoms with van der Waals surface area (Å²) in [5, 5.41) is 0. The molecule has 23 heavy (non-hydrogen) atoms.